The van der Waals surface area contributed by atoms with Crippen LogP contribution in [-0.4, -0.2) is 34.5 Å². The van der Waals surface area contributed by atoms with Crippen molar-refractivity contribution in [3.05, 3.63) is 23.0 Å². The molecule has 2 aliphatic rings. The second-order valence-electron chi connectivity index (χ2n) is 5.83. The fourth-order valence-electron chi connectivity index (χ4n) is 3.02. The highest BCUT2D eigenvalue weighted by Crippen LogP contribution is 2.38. The van der Waals surface area contributed by atoms with Crippen molar-refractivity contribution in [2.75, 3.05) is 13.1 Å². The van der Waals surface area contributed by atoms with Crippen molar-refractivity contribution < 1.29 is 4.79 Å². The van der Waals surface area contributed by atoms with E-state index in [0.717, 1.165) is 31.5 Å². The van der Waals surface area contributed by atoms with Gasteiger partial charge in [-0.25, -0.2) is 0 Å². The molecule has 1 aliphatic heterocycles. The molecule has 1 saturated heterocycles. The Morgan fingerprint density at radius 3 is 2.84 bits per heavy atom. The van der Waals surface area contributed by atoms with Gasteiger partial charge in [-0.05, 0) is 44.7 Å². The van der Waals surface area contributed by atoms with Crippen LogP contribution < -0.4 is 5.73 Å². The Bertz CT molecular complexity index is 495. The van der Waals surface area contributed by atoms with Crippen LogP contribution in [0, 0.1) is 5.92 Å². The van der Waals surface area contributed by atoms with Crippen molar-refractivity contribution in [1.29, 1.82) is 0 Å². The third-order valence-corrected chi connectivity index (χ3v) is 4.44. The fourth-order valence-corrected chi connectivity index (χ4v) is 3.22. The first kappa shape index (κ1) is 13.0. The van der Waals surface area contributed by atoms with Crippen LogP contribution in [0.1, 0.15) is 42.7 Å². The van der Waals surface area contributed by atoms with Crippen LogP contribution >= 0.6 is 11.6 Å². The van der Waals surface area contributed by atoms with Gasteiger partial charge in [-0.15, -0.1) is 0 Å². The van der Waals surface area contributed by atoms with Crippen LogP contribution in [0.15, 0.2) is 12.3 Å². The average Bonchev–Trinajstić information content (AvgIpc) is 3.06. The number of aromatic nitrogens is 1. The van der Waals surface area contributed by atoms with Crippen molar-refractivity contribution in [3.8, 4) is 0 Å². The first-order valence-corrected chi connectivity index (χ1v) is 7.36. The summed E-state index contributed by atoms with van der Waals surface area (Å²) in [5.74, 6) is 0.529. The fraction of sp³-hybridized carbons (Fsp3) is 0.643. The van der Waals surface area contributed by atoms with Gasteiger partial charge in [0.25, 0.3) is 5.91 Å². The third-order valence-electron chi connectivity index (χ3n) is 4.23. The van der Waals surface area contributed by atoms with Gasteiger partial charge in [0.2, 0.25) is 0 Å². The summed E-state index contributed by atoms with van der Waals surface area (Å²) in [4.78, 5) is 14.6. The molecule has 0 bridgehead atoms. The predicted octanol–water partition coefficient (Wildman–Crippen LogP) is 2.29. The van der Waals surface area contributed by atoms with Crippen molar-refractivity contribution in [2.24, 2.45) is 11.7 Å². The van der Waals surface area contributed by atoms with E-state index >= 15 is 0 Å². The monoisotopic (exact) mass is 281 g/mol. The summed E-state index contributed by atoms with van der Waals surface area (Å²) in [6, 6.07) is 2.53. The molecule has 0 radical (unpaired) electrons. The molecule has 2 N–H and O–H groups in total. The van der Waals surface area contributed by atoms with Crippen molar-refractivity contribution in [3.63, 3.8) is 0 Å². The van der Waals surface area contributed by atoms with Gasteiger partial charge >= 0.3 is 0 Å². The molecule has 19 heavy (non-hydrogen) atoms. The van der Waals surface area contributed by atoms with Crippen LogP contribution in [0.2, 0.25) is 5.02 Å². The number of amides is 1. The van der Waals surface area contributed by atoms with Gasteiger partial charge in [0, 0.05) is 24.8 Å². The van der Waals surface area contributed by atoms with Crippen LogP contribution in [0.5, 0.6) is 0 Å². The molecule has 4 nitrogen and oxygen atoms in total. The first-order chi connectivity index (χ1) is 9.10. The number of nitrogens with zero attached hydrogens (tertiary/aromatic N) is 2. The van der Waals surface area contributed by atoms with Gasteiger partial charge in [0.1, 0.15) is 5.69 Å². The third kappa shape index (κ3) is 2.39. The molecule has 2 heterocycles. The summed E-state index contributed by atoms with van der Waals surface area (Å²) in [6.07, 6.45) is 5.17. The minimum Gasteiger partial charge on any atom is -0.339 e. The number of hydrogen-bond donors (Lipinski definition) is 1. The number of carbonyl (C=O) groups is 1. The highest BCUT2D eigenvalue weighted by Gasteiger charge is 2.35. The zero-order valence-corrected chi connectivity index (χ0v) is 11.9. The van der Waals surface area contributed by atoms with Gasteiger partial charge in [0.15, 0.2) is 0 Å². The molecule has 1 aromatic heterocycles. The minimum atomic E-state index is 0.0993. The second-order valence-corrected chi connectivity index (χ2v) is 6.26. The molecule has 1 amide bonds. The summed E-state index contributed by atoms with van der Waals surface area (Å²) >= 11 is 6.07. The Morgan fingerprint density at radius 2 is 2.26 bits per heavy atom. The molecule has 0 spiro atoms. The van der Waals surface area contributed by atoms with Crippen molar-refractivity contribution >= 4 is 17.5 Å². The maximum atomic E-state index is 12.7. The molecule has 0 aromatic carbocycles. The van der Waals surface area contributed by atoms with Crippen molar-refractivity contribution in [1.82, 2.24) is 9.47 Å². The van der Waals surface area contributed by atoms with E-state index in [2.05, 4.69) is 6.92 Å². The quantitative estimate of drug-likeness (QED) is 0.924. The van der Waals surface area contributed by atoms with E-state index in [-0.39, 0.29) is 11.9 Å². The van der Waals surface area contributed by atoms with Gasteiger partial charge in [-0.2, -0.15) is 0 Å². The second kappa shape index (κ2) is 4.84. The molecule has 2 atom stereocenters. The van der Waals surface area contributed by atoms with Crippen LogP contribution in [0.25, 0.3) is 0 Å². The molecule has 2 fully saturated rings. The van der Waals surface area contributed by atoms with E-state index in [0.29, 0.717) is 23.5 Å². The Hall–Kier alpha value is -1.00. The lowest BCUT2D eigenvalue weighted by molar-refractivity contribution is 0.0732. The van der Waals surface area contributed by atoms with Gasteiger partial charge < -0.3 is 15.2 Å². The molecule has 2 unspecified atom stereocenters. The number of nitrogens with two attached hydrogens (primary N) is 1. The van der Waals surface area contributed by atoms with Gasteiger partial charge in [-0.1, -0.05) is 11.6 Å². The number of hydrogen-bond acceptors (Lipinski definition) is 2. The van der Waals surface area contributed by atoms with E-state index in [4.69, 9.17) is 17.3 Å². The first-order valence-electron chi connectivity index (χ1n) is 6.98. The topological polar surface area (TPSA) is 51.3 Å². The minimum absolute atomic E-state index is 0.0993. The maximum Gasteiger partial charge on any atom is 0.270 e. The summed E-state index contributed by atoms with van der Waals surface area (Å²) < 4.78 is 2.05. The SMILES string of the molecule is CC1CC(CN)CN1C(=O)c1cc(Cl)cn1C1CC1. The number of rotatable bonds is 3. The normalized spacial score (nSPS) is 27.0. The largest absolute Gasteiger partial charge is 0.339 e. The molecular formula is C14H20ClN3O. The highest BCUT2D eigenvalue weighted by molar-refractivity contribution is 6.31. The lowest BCUT2D eigenvalue weighted by Gasteiger charge is -2.22. The molecule has 3 rings (SSSR count). The van der Waals surface area contributed by atoms with E-state index < -0.39 is 0 Å². The molecule has 1 aliphatic carbocycles. The summed E-state index contributed by atoms with van der Waals surface area (Å²) in [6.45, 7) is 3.52. The van der Waals surface area contributed by atoms with E-state index in [1.54, 1.807) is 6.07 Å². The summed E-state index contributed by atoms with van der Waals surface area (Å²) in [5.41, 5.74) is 6.46. The number of likely N-dealkylation sites (tertiary alicyclic amines) is 1. The van der Waals surface area contributed by atoms with Gasteiger partial charge in [0.05, 0.1) is 5.02 Å². The smallest absolute Gasteiger partial charge is 0.270 e. The van der Waals surface area contributed by atoms with E-state index in [9.17, 15) is 4.79 Å². The number of halogens is 1. The van der Waals surface area contributed by atoms with Gasteiger partial charge in [-0.3, -0.25) is 4.79 Å². The van der Waals surface area contributed by atoms with Crippen molar-refractivity contribution in [2.45, 2.75) is 38.3 Å². The molecule has 1 saturated carbocycles. The predicted molar refractivity (Wildman–Crippen MR) is 75.4 cm³/mol. The zero-order valence-electron chi connectivity index (χ0n) is 11.2. The Balaban J connectivity index is 1.84. The highest BCUT2D eigenvalue weighted by atomic mass is 35.5. The van der Waals surface area contributed by atoms with Crippen LogP contribution in [0.3, 0.4) is 0 Å². The zero-order chi connectivity index (χ0) is 13.6. The van der Waals surface area contributed by atoms with E-state index in [1.165, 1.54) is 0 Å². The standard InChI is InChI=1S/C14H20ClN3O/c1-9-4-10(6-16)7-17(9)14(19)13-5-11(15)8-18(13)12-2-3-12/h5,8-10,12H,2-4,6-7,16H2,1H3. The maximum absolute atomic E-state index is 12.7. The molecular weight excluding hydrogens is 262 g/mol. The Labute approximate surface area is 118 Å². The Morgan fingerprint density at radius 1 is 1.53 bits per heavy atom. The molecule has 5 heteroatoms. The van der Waals surface area contributed by atoms with Crippen LogP contribution in [-0.2, 0) is 0 Å². The van der Waals surface area contributed by atoms with E-state index in [1.807, 2.05) is 15.7 Å². The number of carbonyl (C=O) groups excluding carboxylic acids is 1. The Kier molecular flexibility index (Phi) is 3.31. The summed E-state index contributed by atoms with van der Waals surface area (Å²) in [5, 5.41) is 0.650. The van der Waals surface area contributed by atoms with Crippen LogP contribution in [0.4, 0.5) is 0 Å². The lowest BCUT2D eigenvalue weighted by Crippen LogP contribution is -2.35. The summed E-state index contributed by atoms with van der Waals surface area (Å²) in [7, 11) is 0. The average molecular weight is 282 g/mol. The molecule has 1 aromatic rings. The lowest BCUT2D eigenvalue weighted by atomic mass is 10.1. The molecule has 104 valence electrons.